The van der Waals surface area contributed by atoms with Gasteiger partial charge in [-0.3, -0.25) is 37.1 Å². The first-order chi connectivity index (χ1) is 49.1. The minimum atomic E-state index is -5.30. The molecule has 2 atom stereocenters. The Bertz CT molecular complexity index is 4600. The summed E-state index contributed by atoms with van der Waals surface area (Å²) in [7, 11) is -22.7. The van der Waals surface area contributed by atoms with Crippen LogP contribution in [0.1, 0.15) is 69.9 Å². The normalized spacial score (nSPS) is 18.9. The average molecular weight is 1560 g/mol. The molecule has 1 fully saturated rings. The van der Waals surface area contributed by atoms with E-state index in [0.29, 0.717) is 63.4 Å². The third-order valence-electron chi connectivity index (χ3n) is 17.6. The summed E-state index contributed by atoms with van der Waals surface area (Å²) in [4.78, 5) is 56.4. The number of aliphatic hydroxyl groups is 1. The van der Waals surface area contributed by atoms with Crippen LogP contribution in [-0.4, -0.2) is 261 Å². The van der Waals surface area contributed by atoms with Gasteiger partial charge in [0.2, 0.25) is 11.5 Å². The number of rotatable bonds is 45. The predicted octanol–water partition coefficient (Wildman–Crippen LogP) is 4.19. The van der Waals surface area contributed by atoms with E-state index in [1.165, 1.54) is 50.5 Å². The molecule has 4 aromatic carbocycles. The lowest BCUT2D eigenvalue weighted by Crippen LogP contribution is -2.35. The van der Waals surface area contributed by atoms with E-state index in [9.17, 15) is 84.3 Å². The lowest BCUT2D eigenvalue weighted by Gasteiger charge is -2.32. The number of imide groups is 1. The summed E-state index contributed by atoms with van der Waals surface area (Å²) < 4.78 is 238. The van der Waals surface area contributed by atoms with Gasteiger partial charge in [-0.05, 0) is 98.3 Å². The van der Waals surface area contributed by atoms with Crippen molar-refractivity contribution in [1.29, 1.82) is 0 Å². The number of fused-ring (bicyclic) bond motifs is 6. The van der Waals surface area contributed by atoms with Crippen LogP contribution in [-0.2, 0) is 133 Å². The quantitative estimate of drug-likeness (QED) is 0.0119. The highest BCUT2D eigenvalue weighted by Crippen LogP contribution is 2.55. The standard InChI is InChI=1S/C65H83N3O31S5/c1-64(14-6-36-100(74,75)76)55(67(17-19-92-25-27-96-32-33-98-35-34-97-31-29-94-23-21-90-4)52-11-9-45-47(60(52)64)37-43(101(77,78)79)39-53(45)103(83,84)85)41-49-62(72)50(63(49)73)42-56-65(2,15-18-91-24-26-95-30-28-93-22-20-89-3)61-48-38-44(102(80,81)82)40-54(104(86,87)88)46(48)8-10-51(61)66(56)16-5-7-59(71)99-68-57(69)12-13-58(68)70/h8-11,37-42H,5-7,12-36H2,1-4H3,(H5-,72,73,74,75,76,77,78,79,80,81,82,83,84,85,86,87,88)/p+1. The molecule has 3 heterocycles. The van der Waals surface area contributed by atoms with Crippen molar-refractivity contribution in [2.24, 2.45) is 0 Å². The highest BCUT2D eigenvalue weighted by molar-refractivity contribution is 7.87. The first-order valence-corrected chi connectivity index (χ1v) is 40.0. The fraction of sp³-hybridized carbons (Fsp3) is 0.523. The molecular formula is C65H84N3O31S5+. The van der Waals surface area contributed by atoms with Gasteiger partial charge in [0.05, 0.1) is 138 Å². The van der Waals surface area contributed by atoms with Crippen LogP contribution in [0.15, 0.2) is 103 Å². The summed E-state index contributed by atoms with van der Waals surface area (Å²) in [6.07, 6.45) is 0.692. The number of amides is 2. The van der Waals surface area contributed by atoms with Gasteiger partial charge in [0.15, 0.2) is 12.3 Å². The summed E-state index contributed by atoms with van der Waals surface area (Å²) in [5.74, 6) is -4.97. The molecular weight excluding hydrogens is 1480 g/mol. The Labute approximate surface area is 601 Å². The Morgan fingerprint density at radius 3 is 1.43 bits per heavy atom. The fourth-order valence-corrected chi connectivity index (χ4v) is 15.8. The van der Waals surface area contributed by atoms with Crippen LogP contribution < -0.4 is 4.90 Å². The summed E-state index contributed by atoms with van der Waals surface area (Å²) in [6.45, 7) is 6.21. The number of carbonyl (C=O) groups excluding carboxylic acids is 4. The second-order valence-electron chi connectivity index (χ2n) is 24.6. The molecule has 574 valence electrons. The fourth-order valence-electron chi connectivity index (χ4n) is 12.7. The molecule has 0 saturated carbocycles. The van der Waals surface area contributed by atoms with Crippen LogP contribution in [0.2, 0.25) is 0 Å². The molecule has 1 aliphatic carbocycles. The van der Waals surface area contributed by atoms with Gasteiger partial charge >= 0.3 is 5.97 Å². The molecule has 0 bridgehead atoms. The molecule has 8 rings (SSSR count). The van der Waals surface area contributed by atoms with Crippen molar-refractivity contribution in [2.45, 2.75) is 89.2 Å². The second kappa shape index (κ2) is 35.8. The summed E-state index contributed by atoms with van der Waals surface area (Å²) >= 11 is 0. The molecule has 3 aliphatic heterocycles. The number of benzene rings is 4. The van der Waals surface area contributed by atoms with Crippen LogP contribution in [0.5, 0.6) is 0 Å². The number of ketones is 1. The van der Waals surface area contributed by atoms with Gasteiger partial charge in [0, 0.05) is 91.9 Å². The van der Waals surface area contributed by atoms with Gasteiger partial charge in [-0.15, -0.1) is 5.06 Å². The molecule has 0 spiro atoms. The maximum absolute atomic E-state index is 15.3. The van der Waals surface area contributed by atoms with E-state index in [-0.39, 0.29) is 180 Å². The Morgan fingerprint density at radius 1 is 0.529 bits per heavy atom. The molecule has 0 aromatic heterocycles. The molecule has 104 heavy (non-hydrogen) atoms. The van der Waals surface area contributed by atoms with E-state index in [2.05, 4.69) is 0 Å². The van der Waals surface area contributed by atoms with E-state index in [1.54, 1.807) is 23.5 Å². The number of hydrogen-bond donors (Lipinski definition) is 6. The number of anilines is 1. The topological polar surface area (TPSA) is 471 Å². The molecule has 2 unspecified atom stereocenters. The highest BCUT2D eigenvalue weighted by atomic mass is 32.2. The van der Waals surface area contributed by atoms with Crippen LogP contribution in [0, 0.1) is 0 Å². The smallest absolute Gasteiger partial charge is 0.333 e. The van der Waals surface area contributed by atoms with Gasteiger partial charge in [-0.1, -0.05) is 6.07 Å². The van der Waals surface area contributed by atoms with Gasteiger partial charge in [0.25, 0.3) is 62.4 Å². The monoisotopic (exact) mass is 1560 g/mol. The van der Waals surface area contributed by atoms with Crippen LogP contribution in [0.3, 0.4) is 0 Å². The first kappa shape index (κ1) is 83.0. The van der Waals surface area contributed by atoms with E-state index in [0.717, 1.165) is 12.1 Å². The molecule has 2 amide bonds. The van der Waals surface area contributed by atoms with Crippen molar-refractivity contribution in [3.05, 3.63) is 94.4 Å². The number of hydroxylamine groups is 2. The van der Waals surface area contributed by atoms with Crippen LogP contribution in [0.4, 0.5) is 11.4 Å². The molecule has 4 aliphatic rings. The summed E-state index contributed by atoms with van der Waals surface area (Å²) in [5.41, 5.74) is -3.41. The van der Waals surface area contributed by atoms with E-state index < -0.39 is 134 Å². The molecule has 1 saturated heterocycles. The van der Waals surface area contributed by atoms with Crippen LogP contribution in [0.25, 0.3) is 21.5 Å². The third-order valence-corrected chi connectivity index (χ3v) is 21.8. The Balaban J connectivity index is 1.23. The maximum Gasteiger partial charge on any atom is 0.333 e. The van der Waals surface area contributed by atoms with E-state index in [1.807, 2.05) is 0 Å². The lowest BCUT2D eigenvalue weighted by molar-refractivity contribution is -0.442. The third kappa shape index (κ3) is 20.5. The highest BCUT2D eigenvalue weighted by Gasteiger charge is 2.52. The minimum Gasteiger partial charge on any atom is -0.506 e. The molecule has 34 nitrogen and oxygen atoms in total. The number of allylic oxidation sites excluding steroid dienone is 5. The lowest BCUT2D eigenvalue weighted by atomic mass is 9.72. The number of carbonyl (C=O) groups is 4. The van der Waals surface area contributed by atoms with Crippen molar-refractivity contribution in [3.8, 4) is 0 Å². The number of ether oxygens (including phenoxy) is 10. The van der Waals surface area contributed by atoms with E-state index >= 15 is 4.79 Å². The van der Waals surface area contributed by atoms with Crippen LogP contribution >= 0.6 is 0 Å². The van der Waals surface area contributed by atoms with Crippen molar-refractivity contribution in [1.82, 2.24) is 5.06 Å². The number of hydrogen-bond acceptors (Lipinski definition) is 27. The van der Waals surface area contributed by atoms with Gasteiger partial charge in [-0.2, -0.15) is 46.7 Å². The van der Waals surface area contributed by atoms with Gasteiger partial charge in [0.1, 0.15) is 22.2 Å². The van der Waals surface area contributed by atoms with E-state index in [4.69, 9.17) is 52.2 Å². The number of Topliss-reactive ketones (excluding diaryl/α,β-unsaturated/α-hetero) is 1. The summed E-state index contributed by atoms with van der Waals surface area (Å²) in [6, 6.07) is 8.30. The molecule has 39 heteroatoms. The SMILES string of the molecule is COCCOCCOCCOCCOCCOCC[N+]1=C(/C=C2\C(=O)C(/C=C3/N(CCCC(=O)ON4C(=O)CCC4=O)c4ccc5c(S(=O)(=O)O)cc(S(=O)(=O)O)cc5c4C3(C)CCOCCOCCOCCOC)=C2O)C(C)(CCCS(=O)(=O)O)c2c1ccc1c(S(=O)(=O)O)cc(S(=O)(=O)O)cc21. The Morgan fingerprint density at radius 2 is 0.981 bits per heavy atom. The number of aliphatic hydroxyl groups excluding tert-OH is 1. The van der Waals surface area contributed by atoms with Gasteiger partial charge in [-0.25, -0.2) is 4.79 Å². The summed E-state index contributed by atoms with van der Waals surface area (Å²) in [5, 5.41) is 12.0. The largest absolute Gasteiger partial charge is 0.506 e. The zero-order chi connectivity index (χ0) is 76.0. The van der Waals surface area contributed by atoms with Crippen molar-refractivity contribution >= 4 is 113 Å². The van der Waals surface area contributed by atoms with Crippen molar-refractivity contribution in [2.75, 3.05) is 157 Å². The predicted molar refractivity (Wildman–Crippen MR) is 367 cm³/mol. The molecule has 0 radical (unpaired) electrons. The maximum atomic E-state index is 15.3. The zero-order valence-corrected chi connectivity index (χ0v) is 61.4. The Kier molecular flexibility index (Phi) is 28.6. The zero-order valence-electron chi connectivity index (χ0n) is 57.3. The Hall–Kier alpha value is -6.68. The van der Waals surface area contributed by atoms with Crippen molar-refractivity contribution in [3.63, 3.8) is 0 Å². The van der Waals surface area contributed by atoms with Crippen molar-refractivity contribution < 1.29 is 146 Å². The first-order valence-electron chi connectivity index (χ1n) is 32.7. The van der Waals surface area contributed by atoms with Gasteiger partial charge < -0.3 is 62.2 Å². The minimum absolute atomic E-state index is 0.00175. The number of methoxy groups -OCH3 is 2. The molecule has 6 N–H and O–H groups in total. The number of nitrogens with zero attached hydrogens (tertiary/aromatic N) is 3. The second-order valence-corrected chi connectivity index (χ2v) is 31.8. The average Bonchev–Trinajstić information content (AvgIpc) is 1.54. The molecule has 4 aromatic rings.